The largest absolute Gasteiger partial charge is 0.344 e. The van der Waals surface area contributed by atoms with Crippen LogP contribution in [0.5, 0.6) is 0 Å². The molecule has 1 saturated carbocycles. The number of amides is 4. The lowest BCUT2D eigenvalue weighted by Crippen LogP contribution is -2.59. The number of carbonyl (C=O) groups excluding carboxylic acids is 4. The van der Waals surface area contributed by atoms with E-state index >= 15 is 0 Å². The summed E-state index contributed by atoms with van der Waals surface area (Å²) in [5.74, 6) is -1.37. The number of fused-ring (bicyclic) bond motifs is 1. The van der Waals surface area contributed by atoms with Gasteiger partial charge in [0.15, 0.2) is 0 Å². The summed E-state index contributed by atoms with van der Waals surface area (Å²) in [6.07, 6.45) is 8.30. The lowest BCUT2D eigenvalue weighted by Gasteiger charge is -2.30. The first-order valence-corrected chi connectivity index (χ1v) is 21.5. The first-order chi connectivity index (χ1) is 28.3. The zero-order valence-corrected chi connectivity index (χ0v) is 34.3. The van der Waals surface area contributed by atoms with Gasteiger partial charge < -0.3 is 31.5 Å². The third-order valence-electron chi connectivity index (χ3n) is 11.9. The smallest absolute Gasteiger partial charge is 0.243 e. The molecule has 10 heteroatoms. The van der Waals surface area contributed by atoms with Crippen LogP contribution in [0.25, 0.3) is 10.8 Å². The second-order valence-electron chi connectivity index (χ2n) is 16.2. The van der Waals surface area contributed by atoms with Crippen LogP contribution >= 0.6 is 0 Å². The van der Waals surface area contributed by atoms with Gasteiger partial charge in [-0.05, 0) is 105 Å². The molecule has 0 aromatic heterocycles. The van der Waals surface area contributed by atoms with Crippen molar-refractivity contribution in [2.75, 3.05) is 26.7 Å². The van der Waals surface area contributed by atoms with Gasteiger partial charge in [-0.15, -0.1) is 0 Å². The Morgan fingerprint density at radius 1 is 0.655 bits per heavy atom. The van der Waals surface area contributed by atoms with E-state index in [-0.39, 0.29) is 36.5 Å². The molecule has 2 aliphatic rings. The highest BCUT2D eigenvalue weighted by Crippen LogP contribution is 2.29. The number of nitrogens with one attached hydrogen (secondary N) is 5. The Labute approximate surface area is 344 Å². The summed E-state index contributed by atoms with van der Waals surface area (Å²) in [4.78, 5) is 58.3. The second-order valence-corrected chi connectivity index (χ2v) is 16.2. The number of piperidine rings is 1. The number of carbonyl (C=O) groups is 4. The lowest BCUT2D eigenvalue weighted by atomic mass is 9.95. The number of rotatable bonds is 19. The van der Waals surface area contributed by atoms with E-state index in [9.17, 15) is 19.2 Å². The van der Waals surface area contributed by atoms with Crippen molar-refractivity contribution in [2.24, 2.45) is 5.92 Å². The molecule has 1 saturated heterocycles. The molecule has 1 heterocycles. The van der Waals surface area contributed by atoms with Crippen molar-refractivity contribution < 1.29 is 19.2 Å². The van der Waals surface area contributed by atoms with Crippen molar-refractivity contribution in [1.29, 1.82) is 0 Å². The van der Waals surface area contributed by atoms with Crippen LogP contribution in [0.1, 0.15) is 93.9 Å². The molecular formula is C48H62N6O4. The summed E-state index contributed by atoms with van der Waals surface area (Å²) in [6.45, 7) is 4.77. The minimum atomic E-state index is -0.876. The van der Waals surface area contributed by atoms with Crippen LogP contribution in [0.2, 0.25) is 0 Å². The summed E-state index contributed by atoms with van der Waals surface area (Å²) in [5.41, 5.74) is 2.79. The maximum Gasteiger partial charge on any atom is 0.243 e. The van der Waals surface area contributed by atoms with Gasteiger partial charge in [-0.3, -0.25) is 19.2 Å². The molecule has 4 aromatic rings. The molecule has 0 unspecified atom stereocenters. The zero-order valence-electron chi connectivity index (χ0n) is 34.3. The summed E-state index contributed by atoms with van der Waals surface area (Å²) in [7, 11) is 2.16. The molecule has 0 spiro atoms. The highest BCUT2D eigenvalue weighted by Gasteiger charge is 2.36. The Bertz CT molecular complexity index is 1890. The molecule has 4 amide bonds. The van der Waals surface area contributed by atoms with E-state index in [2.05, 4.69) is 38.5 Å². The van der Waals surface area contributed by atoms with E-state index in [0.717, 1.165) is 98.5 Å². The molecule has 4 aromatic carbocycles. The molecule has 10 nitrogen and oxygen atoms in total. The van der Waals surface area contributed by atoms with Gasteiger partial charge >= 0.3 is 0 Å². The molecule has 1 aliphatic carbocycles. The van der Waals surface area contributed by atoms with E-state index in [1.54, 1.807) is 6.92 Å². The maximum atomic E-state index is 14.5. The highest BCUT2D eigenvalue weighted by molar-refractivity contribution is 5.95. The third kappa shape index (κ3) is 12.2. The van der Waals surface area contributed by atoms with Gasteiger partial charge in [-0.2, -0.15) is 0 Å². The van der Waals surface area contributed by atoms with Crippen LogP contribution < -0.4 is 26.6 Å². The summed E-state index contributed by atoms with van der Waals surface area (Å²) < 4.78 is 0. The van der Waals surface area contributed by atoms with Gasteiger partial charge in [0, 0.05) is 18.9 Å². The Hall–Kier alpha value is -5.06. The maximum absolute atomic E-state index is 14.5. The molecule has 2 fully saturated rings. The highest BCUT2D eigenvalue weighted by atomic mass is 16.2. The molecule has 1 aliphatic heterocycles. The number of unbranched alkanes of at least 4 members (excludes halogenated alkanes) is 1. The molecule has 0 bridgehead atoms. The van der Waals surface area contributed by atoms with E-state index < -0.39 is 30.1 Å². The summed E-state index contributed by atoms with van der Waals surface area (Å²) >= 11 is 0. The average molecular weight is 787 g/mol. The van der Waals surface area contributed by atoms with Gasteiger partial charge in [0.25, 0.3) is 0 Å². The number of hydrogen-bond acceptors (Lipinski definition) is 6. The Kier molecular flexibility index (Phi) is 15.9. The first-order valence-electron chi connectivity index (χ1n) is 21.5. The van der Waals surface area contributed by atoms with E-state index in [0.29, 0.717) is 12.5 Å². The molecule has 3 atom stereocenters. The minimum Gasteiger partial charge on any atom is -0.344 e. The van der Waals surface area contributed by atoms with E-state index in [4.69, 9.17) is 0 Å². The average Bonchev–Trinajstić information content (AvgIpc) is 3.80. The van der Waals surface area contributed by atoms with Gasteiger partial charge in [0.05, 0.1) is 6.04 Å². The van der Waals surface area contributed by atoms with Crippen LogP contribution in [-0.4, -0.2) is 79.4 Å². The number of benzene rings is 4. The number of nitrogens with zero attached hydrogens (tertiary/aromatic N) is 1. The second kappa shape index (κ2) is 21.6. The Morgan fingerprint density at radius 2 is 1.28 bits per heavy atom. The van der Waals surface area contributed by atoms with Gasteiger partial charge in [0.1, 0.15) is 18.1 Å². The van der Waals surface area contributed by atoms with Crippen molar-refractivity contribution in [2.45, 2.75) is 108 Å². The van der Waals surface area contributed by atoms with Gasteiger partial charge in [-0.25, -0.2) is 0 Å². The normalized spacial score (nSPS) is 16.7. The molecule has 5 N–H and O–H groups in total. The van der Waals surface area contributed by atoms with Crippen molar-refractivity contribution in [3.63, 3.8) is 0 Å². The monoisotopic (exact) mass is 786 g/mol. The van der Waals surface area contributed by atoms with E-state index in [1.165, 1.54) is 0 Å². The van der Waals surface area contributed by atoms with Crippen LogP contribution in [0.4, 0.5) is 0 Å². The van der Waals surface area contributed by atoms with Crippen LogP contribution in [0.15, 0.2) is 103 Å². The molecule has 308 valence electrons. The molecule has 58 heavy (non-hydrogen) atoms. The Morgan fingerprint density at radius 3 is 1.93 bits per heavy atom. The number of hydrogen-bond donors (Lipinski definition) is 5. The molecular weight excluding hydrogens is 725 g/mol. The fraction of sp³-hybridized carbons (Fsp3) is 0.458. The SMILES string of the molecule is CCC(=O)N[C@@H](Cc1ccc2ccccc2c1)C(=O)N[C@H](C(=O)N[C@@H](CCCCNC1CCN(C)CC1)C(=O)NC(c1ccccc1)c1ccccc1)C1CCCC1. The van der Waals surface area contributed by atoms with Crippen LogP contribution in [0.3, 0.4) is 0 Å². The fourth-order valence-electron chi connectivity index (χ4n) is 8.46. The summed E-state index contributed by atoms with van der Waals surface area (Å²) in [6, 6.07) is 31.3. The van der Waals surface area contributed by atoms with E-state index in [1.807, 2.05) is 103 Å². The van der Waals surface area contributed by atoms with Crippen molar-refractivity contribution >= 4 is 34.4 Å². The van der Waals surface area contributed by atoms with Crippen LogP contribution in [0, 0.1) is 5.92 Å². The van der Waals surface area contributed by atoms with Crippen molar-refractivity contribution in [3.8, 4) is 0 Å². The zero-order chi connectivity index (χ0) is 40.7. The predicted octanol–water partition coefficient (Wildman–Crippen LogP) is 6.20. The number of likely N-dealkylation sites (tertiary alicyclic amines) is 1. The van der Waals surface area contributed by atoms with Gasteiger partial charge in [-0.1, -0.05) is 123 Å². The van der Waals surface area contributed by atoms with Crippen molar-refractivity contribution in [3.05, 3.63) is 120 Å². The molecule has 0 radical (unpaired) electrons. The Balaban J connectivity index is 1.19. The van der Waals surface area contributed by atoms with Crippen molar-refractivity contribution in [1.82, 2.24) is 31.5 Å². The minimum absolute atomic E-state index is 0.0871. The summed E-state index contributed by atoms with van der Waals surface area (Å²) in [5, 5.41) is 18.3. The first kappa shape index (κ1) is 42.5. The third-order valence-corrected chi connectivity index (χ3v) is 11.9. The standard InChI is InChI=1S/C48H62N6O4/c1-3-43(55)50-42(33-34-25-26-35-16-10-13-23-39(35)32-34)47(57)53-45(38-21-11-12-22-38)48(58)51-41(24-14-15-29-49-40-27-30-54(2)31-28-40)46(56)52-44(36-17-6-4-7-18-36)37-19-8-5-9-20-37/h4-10,13,16-20,23,25-26,32,38,40-42,44-45,49H,3,11-12,14-15,21-22,24,27-31,33H2,1-2H3,(H,50,55)(H,51,58)(H,52,56)(H,53,57)/t41-,42-,45-/m0/s1. The predicted molar refractivity (Wildman–Crippen MR) is 231 cm³/mol. The lowest BCUT2D eigenvalue weighted by molar-refractivity contribution is -0.135. The topological polar surface area (TPSA) is 132 Å². The molecule has 6 rings (SSSR count). The van der Waals surface area contributed by atoms with Crippen LogP contribution in [-0.2, 0) is 25.6 Å². The van der Waals surface area contributed by atoms with Gasteiger partial charge in [0.2, 0.25) is 23.6 Å². The quantitative estimate of drug-likeness (QED) is 0.0721. The fourth-order valence-corrected chi connectivity index (χ4v) is 8.46.